The van der Waals surface area contributed by atoms with Crippen LogP contribution >= 0.6 is 0 Å². The van der Waals surface area contributed by atoms with E-state index in [1.54, 1.807) is 12.1 Å². The molecule has 0 aliphatic heterocycles. The standard InChI is InChI=1S/C13H21N3O3S/c1-9(2)12(13(14)17)15-10-5-7-11(8-6-10)20(18,19)16(3)4/h5-9,12,15H,1-4H3,(H2,14,17). The van der Waals surface area contributed by atoms with Crippen molar-refractivity contribution in [1.82, 2.24) is 4.31 Å². The smallest absolute Gasteiger partial charge is 0.242 e. The summed E-state index contributed by atoms with van der Waals surface area (Å²) in [5, 5.41) is 3.00. The van der Waals surface area contributed by atoms with Crippen LogP contribution in [0.25, 0.3) is 0 Å². The van der Waals surface area contributed by atoms with E-state index in [0.29, 0.717) is 5.69 Å². The van der Waals surface area contributed by atoms with Crippen LogP contribution < -0.4 is 11.1 Å². The van der Waals surface area contributed by atoms with E-state index in [4.69, 9.17) is 5.73 Å². The predicted molar refractivity (Wildman–Crippen MR) is 78.8 cm³/mol. The molecule has 3 N–H and O–H groups in total. The molecule has 0 spiro atoms. The summed E-state index contributed by atoms with van der Waals surface area (Å²) in [7, 11) is -0.490. The molecule has 0 aromatic heterocycles. The Hall–Kier alpha value is -1.60. The molecule has 1 unspecified atom stereocenters. The van der Waals surface area contributed by atoms with Crippen molar-refractivity contribution in [1.29, 1.82) is 0 Å². The molecule has 1 rings (SSSR count). The number of rotatable bonds is 6. The molecule has 0 heterocycles. The minimum absolute atomic E-state index is 0.0395. The van der Waals surface area contributed by atoms with E-state index >= 15 is 0 Å². The average molecular weight is 299 g/mol. The summed E-state index contributed by atoms with van der Waals surface area (Å²) < 4.78 is 25.0. The van der Waals surface area contributed by atoms with Gasteiger partial charge in [0.15, 0.2) is 0 Å². The van der Waals surface area contributed by atoms with E-state index in [1.807, 2.05) is 13.8 Å². The minimum Gasteiger partial charge on any atom is -0.373 e. The van der Waals surface area contributed by atoms with E-state index in [-0.39, 0.29) is 10.8 Å². The number of hydrogen-bond acceptors (Lipinski definition) is 4. The lowest BCUT2D eigenvalue weighted by Gasteiger charge is -2.20. The molecule has 0 aliphatic rings. The van der Waals surface area contributed by atoms with Crippen LogP contribution in [0.5, 0.6) is 0 Å². The fraction of sp³-hybridized carbons (Fsp3) is 0.462. The molecule has 1 atom stereocenters. The number of nitrogens with zero attached hydrogens (tertiary/aromatic N) is 1. The van der Waals surface area contributed by atoms with Gasteiger partial charge in [0.25, 0.3) is 0 Å². The van der Waals surface area contributed by atoms with Crippen LogP contribution in [0.1, 0.15) is 13.8 Å². The van der Waals surface area contributed by atoms with Crippen LogP contribution in [0.2, 0.25) is 0 Å². The highest BCUT2D eigenvalue weighted by molar-refractivity contribution is 7.89. The summed E-state index contributed by atoms with van der Waals surface area (Å²) in [6.45, 7) is 3.76. The summed E-state index contributed by atoms with van der Waals surface area (Å²) in [5.41, 5.74) is 5.97. The van der Waals surface area contributed by atoms with Crippen molar-refractivity contribution in [3.63, 3.8) is 0 Å². The molecule has 0 saturated heterocycles. The van der Waals surface area contributed by atoms with Gasteiger partial charge >= 0.3 is 0 Å². The molecule has 0 aliphatic carbocycles. The molecule has 1 amide bonds. The van der Waals surface area contributed by atoms with Crippen molar-refractivity contribution >= 4 is 21.6 Å². The van der Waals surface area contributed by atoms with Crippen LogP contribution in [0.15, 0.2) is 29.2 Å². The van der Waals surface area contributed by atoms with Crippen molar-refractivity contribution in [3.05, 3.63) is 24.3 Å². The van der Waals surface area contributed by atoms with Crippen LogP contribution in [0.3, 0.4) is 0 Å². The fourth-order valence-corrected chi connectivity index (χ4v) is 2.58. The highest BCUT2D eigenvalue weighted by Crippen LogP contribution is 2.18. The summed E-state index contributed by atoms with van der Waals surface area (Å²) in [6.07, 6.45) is 0. The number of amides is 1. The second kappa shape index (κ2) is 6.23. The quantitative estimate of drug-likeness (QED) is 0.815. The van der Waals surface area contributed by atoms with Crippen LogP contribution in [0, 0.1) is 5.92 Å². The zero-order valence-electron chi connectivity index (χ0n) is 12.1. The van der Waals surface area contributed by atoms with Crippen molar-refractivity contribution in [3.8, 4) is 0 Å². The minimum atomic E-state index is -3.44. The van der Waals surface area contributed by atoms with Gasteiger partial charge in [-0.15, -0.1) is 0 Å². The number of carbonyl (C=O) groups excluding carboxylic acids is 1. The third kappa shape index (κ3) is 3.71. The molecule has 20 heavy (non-hydrogen) atoms. The topological polar surface area (TPSA) is 92.5 Å². The van der Waals surface area contributed by atoms with Crippen molar-refractivity contribution < 1.29 is 13.2 Å². The summed E-state index contributed by atoms with van der Waals surface area (Å²) >= 11 is 0. The first kappa shape index (κ1) is 16.5. The van der Waals surface area contributed by atoms with Gasteiger partial charge in [-0.05, 0) is 30.2 Å². The molecule has 0 fully saturated rings. The molecule has 0 bridgehead atoms. The first-order chi connectivity index (χ1) is 9.16. The van der Waals surface area contributed by atoms with Gasteiger partial charge in [0, 0.05) is 19.8 Å². The zero-order chi connectivity index (χ0) is 15.5. The molecular formula is C13H21N3O3S. The van der Waals surface area contributed by atoms with E-state index < -0.39 is 22.0 Å². The first-order valence-corrected chi connectivity index (χ1v) is 7.68. The number of nitrogens with one attached hydrogen (secondary N) is 1. The van der Waals surface area contributed by atoms with Crippen LogP contribution in [-0.2, 0) is 14.8 Å². The normalized spacial score (nSPS) is 13.5. The monoisotopic (exact) mass is 299 g/mol. The summed E-state index contributed by atoms with van der Waals surface area (Å²) in [4.78, 5) is 11.5. The average Bonchev–Trinajstić information content (AvgIpc) is 2.35. The van der Waals surface area contributed by atoms with Crippen molar-refractivity contribution in [2.45, 2.75) is 24.8 Å². The maximum absolute atomic E-state index is 11.9. The first-order valence-electron chi connectivity index (χ1n) is 6.24. The van der Waals surface area contributed by atoms with Gasteiger partial charge in [-0.2, -0.15) is 0 Å². The lowest BCUT2D eigenvalue weighted by atomic mass is 10.0. The largest absolute Gasteiger partial charge is 0.373 e. The van der Waals surface area contributed by atoms with Gasteiger partial charge in [0.05, 0.1) is 4.90 Å². The van der Waals surface area contributed by atoms with Gasteiger partial charge in [-0.25, -0.2) is 12.7 Å². The number of primary amides is 1. The Labute approximate surface area is 120 Å². The Balaban J connectivity index is 2.95. The van der Waals surface area contributed by atoms with E-state index in [2.05, 4.69) is 5.32 Å². The number of benzene rings is 1. The molecular weight excluding hydrogens is 278 g/mol. The second-order valence-electron chi connectivity index (χ2n) is 5.08. The Morgan fingerprint density at radius 2 is 1.70 bits per heavy atom. The maximum Gasteiger partial charge on any atom is 0.242 e. The van der Waals surface area contributed by atoms with Gasteiger partial charge in [0.1, 0.15) is 6.04 Å². The highest BCUT2D eigenvalue weighted by Gasteiger charge is 2.20. The second-order valence-corrected chi connectivity index (χ2v) is 7.23. The van der Waals surface area contributed by atoms with Crippen molar-refractivity contribution in [2.75, 3.05) is 19.4 Å². The molecule has 1 aromatic carbocycles. The fourth-order valence-electron chi connectivity index (χ4n) is 1.68. The molecule has 1 aromatic rings. The Morgan fingerprint density at radius 1 is 1.20 bits per heavy atom. The molecule has 0 saturated carbocycles. The third-order valence-electron chi connectivity index (χ3n) is 2.93. The SMILES string of the molecule is CC(C)C(Nc1ccc(S(=O)(=O)N(C)C)cc1)C(N)=O. The Morgan fingerprint density at radius 3 is 2.05 bits per heavy atom. The van der Waals surface area contributed by atoms with Gasteiger partial charge in [-0.3, -0.25) is 4.79 Å². The van der Waals surface area contributed by atoms with Gasteiger partial charge in [0.2, 0.25) is 15.9 Å². The maximum atomic E-state index is 11.9. The number of carbonyl (C=O) groups is 1. The third-order valence-corrected chi connectivity index (χ3v) is 4.76. The predicted octanol–water partition coefficient (Wildman–Crippen LogP) is 0.859. The van der Waals surface area contributed by atoms with Crippen molar-refractivity contribution in [2.24, 2.45) is 11.7 Å². The van der Waals surface area contributed by atoms with Gasteiger partial charge in [-0.1, -0.05) is 13.8 Å². The number of sulfonamides is 1. The van der Waals surface area contributed by atoms with E-state index in [0.717, 1.165) is 4.31 Å². The Bertz CT molecular complexity index is 565. The molecule has 7 heteroatoms. The summed E-state index contributed by atoms with van der Waals surface area (Å²) in [6, 6.07) is 5.74. The van der Waals surface area contributed by atoms with E-state index in [1.165, 1.54) is 26.2 Å². The van der Waals surface area contributed by atoms with Crippen LogP contribution in [-0.4, -0.2) is 38.8 Å². The number of nitrogens with two attached hydrogens (primary N) is 1. The zero-order valence-corrected chi connectivity index (χ0v) is 12.9. The number of hydrogen-bond donors (Lipinski definition) is 2. The number of anilines is 1. The molecule has 112 valence electrons. The molecule has 0 radical (unpaired) electrons. The lowest BCUT2D eigenvalue weighted by Crippen LogP contribution is -2.39. The van der Waals surface area contributed by atoms with Gasteiger partial charge < -0.3 is 11.1 Å². The van der Waals surface area contributed by atoms with Crippen LogP contribution in [0.4, 0.5) is 5.69 Å². The lowest BCUT2D eigenvalue weighted by molar-refractivity contribution is -0.119. The Kier molecular flexibility index (Phi) is 5.13. The molecule has 6 nitrogen and oxygen atoms in total. The summed E-state index contributed by atoms with van der Waals surface area (Å²) in [5.74, 6) is -0.400. The van der Waals surface area contributed by atoms with E-state index in [9.17, 15) is 13.2 Å². The highest BCUT2D eigenvalue weighted by atomic mass is 32.2.